The van der Waals surface area contributed by atoms with Crippen molar-refractivity contribution in [1.82, 2.24) is 25.1 Å². The van der Waals surface area contributed by atoms with E-state index >= 15 is 0 Å². The summed E-state index contributed by atoms with van der Waals surface area (Å²) in [6.45, 7) is 5.71. The fraction of sp³-hybridized carbons (Fsp3) is 0.389. The number of thiazole rings is 1. The Bertz CT molecular complexity index is 1090. The zero-order valence-electron chi connectivity index (χ0n) is 14.6. The summed E-state index contributed by atoms with van der Waals surface area (Å²) in [5.41, 5.74) is 3.61. The molecule has 5 rings (SSSR count). The normalized spacial score (nSPS) is 16.1. The molecular weight excluding hydrogens is 350 g/mol. The van der Waals surface area contributed by atoms with Crippen molar-refractivity contribution >= 4 is 32.8 Å². The summed E-state index contributed by atoms with van der Waals surface area (Å²) in [5, 5.41) is 19.5. The molecule has 7 nitrogen and oxygen atoms in total. The molecule has 4 heterocycles. The molecule has 0 saturated carbocycles. The number of aromatic hydroxyl groups is 1. The highest BCUT2D eigenvalue weighted by molar-refractivity contribution is 7.21. The van der Waals surface area contributed by atoms with Gasteiger partial charge >= 0.3 is 0 Å². The van der Waals surface area contributed by atoms with E-state index in [0.29, 0.717) is 34.2 Å². The summed E-state index contributed by atoms with van der Waals surface area (Å²) in [6.07, 6.45) is 4.19. The lowest BCUT2D eigenvalue weighted by Crippen LogP contribution is -2.29. The lowest BCUT2D eigenvalue weighted by molar-refractivity contribution is 0.345. The Labute approximate surface area is 153 Å². The number of hydrogen-bond acceptors (Lipinski definition) is 7. The minimum absolute atomic E-state index is 0.202. The van der Waals surface area contributed by atoms with Crippen molar-refractivity contribution in [2.75, 3.05) is 13.1 Å². The van der Waals surface area contributed by atoms with E-state index in [1.165, 1.54) is 11.3 Å². The molecule has 1 aliphatic heterocycles. The number of aromatic nitrogens is 4. The van der Waals surface area contributed by atoms with E-state index in [0.717, 1.165) is 41.3 Å². The number of oxazole rings is 1. The molecule has 3 aromatic heterocycles. The van der Waals surface area contributed by atoms with Crippen molar-refractivity contribution in [3.05, 3.63) is 23.7 Å². The molecule has 0 aliphatic carbocycles. The van der Waals surface area contributed by atoms with Crippen LogP contribution in [-0.2, 0) is 0 Å². The SMILES string of the molecule is Cc1nc2c(C)c(O)c(-c3nc4cn(C5CCNCC5)nc4s3)cc2o1. The Morgan fingerprint density at radius 1 is 1.27 bits per heavy atom. The van der Waals surface area contributed by atoms with Crippen LogP contribution in [0, 0.1) is 13.8 Å². The number of phenolic OH excluding ortho intramolecular Hbond substituents is 1. The number of piperidine rings is 1. The molecule has 1 saturated heterocycles. The molecule has 134 valence electrons. The highest BCUT2D eigenvalue weighted by Gasteiger charge is 2.21. The molecule has 2 N–H and O–H groups in total. The van der Waals surface area contributed by atoms with Crippen LogP contribution in [0.4, 0.5) is 0 Å². The Hall–Kier alpha value is -2.45. The third-order valence-corrected chi connectivity index (χ3v) is 6.00. The number of nitrogens with one attached hydrogen (secondary N) is 1. The number of phenols is 1. The van der Waals surface area contributed by atoms with Gasteiger partial charge in [0.25, 0.3) is 0 Å². The second-order valence-electron chi connectivity index (χ2n) is 6.78. The van der Waals surface area contributed by atoms with Crippen LogP contribution in [-0.4, -0.2) is 37.9 Å². The van der Waals surface area contributed by atoms with E-state index in [4.69, 9.17) is 14.5 Å². The maximum Gasteiger partial charge on any atom is 0.192 e. The zero-order chi connectivity index (χ0) is 17.8. The number of rotatable bonds is 2. The largest absolute Gasteiger partial charge is 0.507 e. The van der Waals surface area contributed by atoms with Gasteiger partial charge in [0, 0.05) is 12.5 Å². The first-order chi connectivity index (χ1) is 12.6. The summed E-state index contributed by atoms with van der Waals surface area (Å²) < 4.78 is 7.70. The van der Waals surface area contributed by atoms with Gasteiger partial charge < -0.3 is 14.8 Å². The fourth-order valence-electron chi connectivity index (χ4n) is 3.60. The number of aryl methyl sites for hydroxylation is 2. The van der Waals surface area contributed by atoms with Gasteiger partial charge in [0.1, 0.15) is 21.8 Å². The van der Waals surface area contributed by atoms with Crippen LogP contribution >= 0.6 is 11.3 Å². The van der Waals surface area contributed by atoms with Gasteiger partial charge in [-0.15, -0.1) is 0 Å². The molecule has 26 heavy (non-hydrogen) atoms. The number of fused-ring (bicyclic) bond motifs is 2. The van der Waals surface area contributed by atoms with Gasteiger partial charge in [-0.2, -0.15) is 5.10 Å². The lowest BCUT2D eigenvalue weighted by Gasteiger charge is -2.22. The molecule has 0 spiro atoms. The van der Waals surface area contributed by atoms with Crippen molar-refractivity contribution in [2.24, 2.45) is 0 Å². The average molecular weight is 369 g/mol. The van der Waals surface area contributed by atoms with Crippen molar-refractivity contribution in [1.29, 1.82) is 0 Å². The molecule has 0 unspecified atom stereocenters. The van der Waals surface area contributed by atoms with Crippen LogP contribution in [0.25, 0.3) is 32.0 Å². The van der Waals surface area contributed by atoms with Gasteiger partial charge in [-0.1, -0.05) is 11.3 Å². The quantitative estimate of drug-likeness (QED) is 0.562. The predicted octanol–water partition coefficient (Wildman–Crippen LogP) is 3.55. The highest BCUT2D eigenvalue weighted by atomic mass is 32.1. The molecule has 1 fully saturated rings. The average Bonchev–Trinajstić information content (AvgIpc) is 3.31. The Balaban J connectivity index is 1.57. The summed E-state index contributed by atoms with van der Waals surface area (Å²) in [5.74, 6) is 0.788. The molecule has 0 bridgehead atoms. The summed E-state index contributed by atoms with van der Waals surface area (Å²) in [7, 11) is 0. The molecule has 0 amide bonds. The molecule has 8 heteroatoms. The van der Waals surface area contributed by atoms with E-state index in [2.05, 4.69) is 10.3 Å². The molecule has 1 aliphatic rings. The molecule has 4 aromatic rings. The van der Waals surface area contributed by atoms with Crippen LogP contribution in [0.15, 0.2) is 16.7 Å². The van der Waals surface area contributed by atoms with Crippen LogP contribution < -0.4 is 5.32 Å². The maximum absolute atomic E-state index is 10.6. The summed E-state index contributed by atoms with van der Waals surface area (Å²) >= 11 is 1.49. The monoisotopic (exact) mass is 369 g/mol. The minimum Gasteiger partial charge on any atom is -0.507 e. The second kappa shape index (κ2) is 5.78. The van der Waals surface area contributed by atoms with Crippen molar-refractivity contribution < 1.29 is 9.52 Å². The summed E-state index contributed by atoms with van der Waals surface area (Å²) in [6, 6.07) is 2.25. The van der Waals surface area contributed by atoms with Gasteiger partial charge in [-0.3, -0.25) is 4.68 Å². The molecule has 1 aromatic carbocycles. The minimum atomic E-state index is 0.202. The van der Waals surface area contributed by atoms with Crippen LogP contribution in [0.5, 0.6) is 5.75 Å². The van der Waals surface area contributed by atoms with Gasteiger partial charge in [-0.25, -0.2) is 9.97 Å². The predicted molar refractivity (Wildman–Crippen MR) is 101 cm³/mol. The number of hydrogen-bond donors (Lipinski definition) is 2. The van der Waals surface area contributed by atoms with Gasteiger partial charge in [0.2, 0.25) is 0 Å². The van der Waals surface area contributed by atoms with E-state index in [1.807, 2.05) is 23.9 Å². The van der Waals surface area contributed by atoms with Crippen LogP contribution in [0.1, 0.15) is 30.3 Å². The first kappa shape index (κ1) is 15.8. The Kier molecular flexibility index (Phi) is 3.51. The molecule has 0 radical (unpaired) electrons. The fourth-order valence-corrected chi connectivity index (χ4v) is 4.53. The van der Waals surface area contributed by atoms with Gasteiger partial charge in [0.15, 0.2) is 16.3 Å². The van der Waals surface area contributed by atoms with E-state index in [-0.39, 0.29) is 5.75 Å². The lowest BCUT2D eigenvalue weighted by atomic mass is 10.1. The van der Waals surface area contributed by atoms with E-state index in [1.54, 1.807) is 6.92 Å². The van der Waals surface area contributed by atoms with Crippen molar-refractivity contribution in [3.63, 3.8) is 0 Å². The van der Waals surface area contributed by atoms with Crippen molar-refractivity contribution in [2.45, 2.75) is 32.7 Å². The molecule has 0 atom stereocenters. The highest BCUT2D eigenvalue weighted by Crippen LogP contribution is 2.40. The Morgan fingerprint density at radius 3 is 2.85 bits per heavy atom. The third kappa shape index (κ3) is 2.40. The molecular formula is C18H19N5O2S. The smallest absolute Gasteiger partial charge is 0.192 e. The topological polar surface area (TPSA) is 89.0 Å². The maximum atomic E-state index is 10.6. The standard InChI is InChI=1S/C18H19N5O2S/c1-9-15-14(25-10(2)20-15)7-12(16(9)24)17-21-13-8-23(22-18(13)26-17)11-3-5-19-6-4-11/h7-8,11,19,24H,3-6H2,1-2H3. The van der Waals surface area contributed by atoms with Crippen molar-refractivity contribution in [3.8, 4) is 16.3 Å². The van der Waals surface area contributed by atoms with Gasteiger partial charge in [-0.05, 0) is 38.9 Å². The number of benzene rings is 1. The Morgan fingerprint density at radius 2 is 2.08 bits per heavy atom. The summed E-state index contributed by atoms with van der Waals surface area (Å²) in [4.78, 5) is 9.94. The first-order valence-electron chi connectivity index (χ1n) is 8.76. The third-order valence-electron chi connectivity index (χ3n) is 5.01. The van der Waals surface area contributed by atoms with Gasteiger partial charge in [0.05, 0.1) is 17.8 Å². The first-order valence-corrected chi connectivity index (χ1v) is 9.58. The second-order valence-corrected chi connectivity index (χ2v) is 7.75. The van der Waals surface area contributed by atoms with Crippen LogP contribution in [0.3, 0.4) is 0 Å². The zero-order valence-corrected chi connectivity index (χ0v) is 15.4. The number of nitrogens with zero attached hydrogens (tertiary/aromatic N) is 4. The van der Waals surface area contributed by atoms with Crippen LogP contribution in [0.2, 0.25) is 0 Å². The van der Waals surface area contributed by atoms with E-state index < -0.39 is 0 Å². The van der Waals surface area contributed by atoms with E-state index in [9.17, 15) is 5.11 Å².